The van der Waals surface area contributed by atoms with Crippen molar-refractivity contribution < 1.29 is 28.7 Å². The number of nitrogens with one attached hydrogen (secondary N) is 2. The predicted molar refractivity (Wildman–Crippen MR) is 245 cm³/mol. The lowest BCUT2D eigenvalue weighted by molar-refractivity contribution is -0.164. The number of benzene rings is 5. The van der Waals surface area contributed by atoms with E-state index in [1.165, 1.54) is 16.7 Å². The number of thioether (sulfide) groups is 1. The second kappa shape index (κ2) is 18.0. The summed E-state index contributed by atoms with van der Waals surface area (Å²) >= 11 is 1.27. The van der Waals surface area contributed by atoms with Crippen LogP contribution in [0.2, 0.25) is 0 Å². The highest BCUT2D eigenvalue weighted by Gasteiger charge is 2.57. The fourth-order valence-electron chi connectivity index (χ4n) is 9.12. The van der Waals surface area contributed by atoms with Gasteiger partial charge >= 0.3 is 12.1 Å². The first kappa shape index (κ1) is 43.0. The number of β-lactam (4-membered cyclic amide) rings is 1. The Bertz CT molecular complexity index is 2580. The van der Waals surface area contributed by atoms with Gasteiger partial charge in [0, 0.05) is 12.1 Å². The molecule has 14 heteroatoms. The summed E-state index contributed by atoms with van der Waals surface area (Å²) in [5, 5.41) is 19.6. The van der Waals surface area contributed by atoms with Crippen molar-refractivity contribution in [3.63, 3.8) is 0 Å². The minimum Gasteiger partial charge on any atom is -0.451 e. The van der Waals surface area contributed by atoms with Gasteiger partial charge in [0.1, 0.15) is 23.1 Å². The number of carbonyl (C=O) groups excluding carboxylic acids is 4. The monoisotopic (exact) mass is 885 g/mol. The van der Waals surface area contributed by atoms with Crippen molar-refractivity contribution in [2.45, 2.75) is 67.8 Å². The van der Waals surface area contributed by atoms with E-state index in [-0.39, 0.29) is 12.5 Å². The van der Waals surface area contributed by atoms with Gasteiger partial charge < -0.3 is 24.6 Å². The molecule has 4 heterocycles. The summed E-state index contributed by atoms with van der Waals surface area (Å²) < 4.78 is 11.9. The van der Waals surface area contributed by atoms with Crippen molar-refractivity contribution in [1.82, 2.24) is 35.7 Å². The van der Waals surface area contributed by atoms with Crippen LogP contribution in [0.5, 0.6) is 0 Å². The molecular weight excluding hydrogens is 839 g/mol. The van der Waals surface area contributed by atoms with E-state index in [9.17, 15) is 14.4 Å². The van der Waals surface area contributed by atoms with E-state index in [0.717, 1.165) is 27.8 Å². The van der Waals surface area contributed by atoms with Gasteiger partial charge in [0.05, 0.1) is 5.41 Å². The summed E-state index contributed by atoms with van der Waals surface area (Å²) in [6.07, 6.45) is 0.468. The van der Waals surface area contributed by atoms with Crippen LogP contribution < -0.4 is 5.32 Å². The van der Waals surface area contributed by atoms with E-state index in [0.29, 0.717) is 23.4 Å². The third kappa shape index (κ3) is 8.32. The van der Waals surface area contributed by atoms with E-state index in [2.05, 4.69) is 25.9 Å². The Labute approximate surface area is 380 Å². The summed E-state index contributed by atoms with van der Waals surface area (Å²) in [5.74, 6) is -1.15. The second-order valence-electron chi connectivity index (χ2n) is 17.1. The summed E-state index contributed by atoms with van der Waals surface area (Å²) in [4.78, 5) is 60.4. The minimum atomic E-state index is -1.25. The number of rotatable bonds is 12. The molecule has 2 N–H and O–H groups in total. The first-order valence-electron chi connectivity index (χ1n) is 21.4. The van der Waals surface area contributed by atoms with Crippen LogP contribution >= 0.6 is 11.8 Å². The van der Waals surface area contributed by atoms with Crippen LogP contribution in [0.15, 0.2) is 174 Å². The number of esters is 1. The molecule has 0 aliphatic carbocycles. The Balaban J connectivity index is 1.12. The first-order chi connectivity index (χ1) is 31.5. The smallest absolute Gasteiger partial charge is 0.408 e. The molecule has 3 aliphatic rings. The zero-order valence-corrected chi connectivity index (χ0v) is 36.8. The summed E-state index contributed by atoms with van der Waals surface area (Å²) in [7, 11) is 0. The molecule has 0 spiro atoms. The molecule has 1 aromatic heterocycles. The number of aromatic nitrogens is 4. The average Bonchev–Trinajstić information content (AvgIpc) is 3.99. The number of nitrogens with zero attached hydrogens (tertiary/aromatic N) is 5. The first-order valence-corrected chi connectivity index (χ1v) is 22.4. The molecule has 6 aromatic rings. The van der Waals surface area contributed by atoms with Crippen LogP contribution in [0.3, 0.4) is 0 Å². The van der Waals surface area contributed by atoms with Crippen LogP contribution in [-0.2, 0) is 29.3 Å². The number of hydrogen-bond acceptors (Lipinski definition) is 10. The summed E-state index contributed by atoms with van der Waals surface area (Å²) in [6.45, 7) is 5.50. The summed E-state index contributed by atoms with van der Waals surface area (Å²) in [5.41, 5.74) is 3.22. The van der Waals surface area contributed by atoms with Gasteiger partial charge in [0.25, 0.3) is 5.91 Å². The Hall–Kier alpha value is -7.32. The van der Waals surface area contributed by atoms with E-state index in [1.54, 1.807) is 37.2 Å². The Morgan fingerprint density at radius 1 is 0.785 bits per heavy atom. The Morgan fingerprint density at radius 3 is 1.80 bits per heavy atom. The Morgan fingerprint density at radius 2 is 1.31 bits per heavy atom. The zero-order chi connectivity index (χ0) is 45.1. The topological polar surface area (TPSA) is 160 Å². The van der Waals surface area contributed by atoms with Crippen LogP contribution in [0.25, 0.3) is 0 Å². The fraction of sp³-hybridized carbons (Fsp3) is 0.235. The molecule has 13 nitrogen and oxygen atoms in total. The molecule has 4 atom stereocenters. The van der Waals surface area contributed by atoms with Gasteiger partial charge in [-0.2, -0.15) is 5.21 Å². The molecule has 0 saturated carbocycles. The molecule has 3 amide bonds. The molecule has 1 unspecified atom stereocenters. The molecule has 2 fully saturated rings. The van der Waals surface area contributed by atoms with Crippen LogP contribution in [-0.4, -0.2) is 83.9 Å². The number of hydrogen-bond donors (Lipinski definition) is 2. The van der Waals surface area contributed by atoms with Gasteiger partial charge in [0.15, 0.2) is 18.0 Å². The maximum atomic E-state index is 15.3. The van der Waals surface area contributed by atoms with E-state index >= 15 is 4.79 Å². The van der Waals surface area contributed by atoms with Crippen molar-refractivity contribution in [2.24, 2.45) is 0 Å². The number of carbonyl (C=O) groups is 4. The van der Waals surface area contributed by atoms with Crippen LogP contribution in [0.4, 0.5) is 4.79 Å². The highest BCUT2D eigenvalue weighted by Crippen LogP contribution is 2.52. The molecule has 0 bridgehead atoms. The minimum absolute atomic E-state index is 0.283. The van der Waals surface area contributed by atoms with Crippen molar-refractivity contribution in [2.75, 3.05) is 6.54 Å². The normalized spacial score (nSPS) is 19.6. The van der Waals surface area contributed by atoms with Gasteiger partial charge in [-0.1, -0.05) is 157 Å². The SMILES string of the molecule is CC(C)(C)OC(=O)N[C@@H]1C(=O)N2[C@@H](C(=O)OC(c3ccccc3)c3ccccc3)C(/C=C3\CCN(C(c4nn[nH]n4)C(c4ccccc4)(c4ccccc4)c4ccccc4)C3=O)=CS[C@H]12. The highest BCUT2D eigenvalue weighted by atomic mass is 32.2. The number of alkyl carbamates (subject to hydrolysis) is 1. The molecule has 328 valence electrons. The largest absolute Gasteiger partial charge is 0.451 e. The van der Waals surface area contributed by atoms with Gasteiger partial charge in [-0.3, -0.25) is 9.59 Å². The lowest BCUT2D eigenvalue weighted by Crippen LogP contribution is -2.74. The van der Waals surface area contributed by atoms with Crippen molar-refractivity contribution in [3.05, 3.63) is 208 Å². The van der Waals surface area contributed by atoms with E-state index in [4.69, 9.17) is 9.47 Å². The van der Waals surface area contributed by atoms with E-state index in [1.807, 2.05) is 152 Å². The van der Waals surface area contributed by atoms with E-state index < -0.39 is 58.6 Å². The third-order valence-electron chi connectivity index (χ3n) is 11.9. The number of likely N-dealkylation sites (tertiary alicyclic amines) is 1. The molecule has 9 rings (SSSR count). The average molecular weight is 886 g/mol. The predicted octanol–water partition coefficient (Wildman–Crippen LogP) is 7.83. The maximum Gasteiger partial charge on any atom is 0.408 e. The number of tetrazole rings is 1. The van der Waals surface area contributed by atoms with Crippen molar-refractivity contribution in [1.29, 1.82) is 0 Å². The number of H-pyrrole nitrogens is 1. The maximum absolute atomic E-state index is 15.3. The van der Waals surface area contributed by atoms with Gasteiger partial charge in [-0.05, 0) is 72.1 Å². The van der Waals surface area contributed by atoms with Gasteiger partial charge in [-0.25, -0.2) is 9.59 Å². The zero-order valence-electron chi connectivity index (χ0n) is 36.0. The molecule has 2 saturated heterocycles. The number of aromatic amines is 1. The van der Waals surface area contributed by atoms with Gasteiger partial charge in [-0.15, -0.1) is 22.0 Å². The number of fused-ring (bicyclic) bond motifs is 1. The molecular formula is C51H47N7O6S. The number of amides is 3. The molecule has 3 aliphatic heterocycles. The molecule has 0 radical (unpaired) electrons. The third-order valence-corrected chi connectivity index (χ3v) is 13.1. The van der Waals surface area contributed by atoms with Crippen LogP contribution in [0, 0.1) is 0 Å². The molecule has 65 heavy (non-hydrogen) atoms. The molecule has 5 aromatic carbocycles. The highest BCUT2D eigenvalue weighted by molar-refractivity contribution is 8.03. The standard InChI is InChI=1S/C51H47N7O6S/c1-50(2,3)64-49(62)52-40-46(60)58-41(48(61)63-42(33-19-9-4-10-20-33)34-21-11-5-12-22-34)36(32-65-47(40)58)31-35-29-30-57(45(35)59)43(44-53-55-56-54-44)51(37-23-13-6-14-24-37,38-25-15-7-16-26-38)39-27-17-8-18-28-39/h4-28,31-32,40-43,47H,29-30H2,1-3H3,(H,52,62)(H,53,54,55,56)/b35-31+/t40-,41-,43?,47-/m1/s1. The van der Waals surface area contributed by atoms with Crippen molar-refractivity contribution >= 4 is 35.6 Å². The van der Waals surface area contributed by atoms with Crippen LogP contribution in [0.1, 0.15) is 73.0 Å². The number of ether oxygens (including phenoxy) is 2. The lowest BCUT2D eigenvalue weighted by Gasteiger charge is -2.51. The van der Waals surface area contributed by atoms with Crippen molar-refractivity contribution in [3.8, 4) is 0 Å². The fourth-order valence-corrected chi connectivity index (χ4v) is 10.3. The second-order valence-corrected chi connectivity index (χ2v) is 18.0. The Kier molecular flexibility index (Phi) is 11.9. The van der Waals surface area contributed by atoms with Gasteiger partial charge in [0.2, 0.25) is 5.91 Å². The lowest BCUT2D eigenvalue weighted by atomic mass is 9.64. The summed E-state index contributed by atoms with van der Waals surface area (Å²) in [6, 6.07) is 45.8. The quantitative estimate of drug-likeness (QED) is 0.0537.